The molecular formula is C22H28N8O2. The maximum Gasteiger partial charge on any atom is 0.219 e. The van der Waals surface area contributed by atoms with E-state index in [4.69, 9.17) is 9.72 Å². The van der Waals surface area contributed by atoms with E-state index < -0.39 is 0 Å². The van der Waals surface area contributed by atoms with Gasteiger partial charge in [-0.15, -0.1) is 0 Å². The van der Waals surface area contributed by atoms with Crippen LogP contribution in [0.15, 0.2) is 30.5 Å². The van der Waals surface area contributed by atoms with Crippen molar-refractivity contribution in [2.24, 2.45) is 0 Å². The summed E-state index contributed by atoms with van der Waals surface area (Å²) in [5.74, 6) is 1.63. The summed E-state index contributed by atoms with van der Waals surface area (Å²) < 4.78 is 5.44. The standard InChI is InChI=1S/C22H28N8O2/c1-16(31)29-6-8-30(9-7-29)18-4-2-17(3-5-18)24-22-21-19(14-23-27-21)25-20(26-22)15-28-10-12-32-13-11-28/h2-5,14H,6-13,15H2,1H3,(H,23,27)(H,24,25,26). The molecule has 1 aromatic carbocycles. The lowest BCUT2D eigenvalue weighted by Gasteiger charge is -2.35. The van der Waals surface area contributed by atoms with Gasteiger partial charge in [-0.3, -0.25) is 14.8 Å². The normalized spacial score (nSPS) is 17.7. The summed E-state index contributed by atoms with van der Waals surface area (Å²) in [6.45, 7) is 8.80. The van der Waals surface area contributed by atoms with Crippen molar-refractivity contribution in [2.75, 3.05) is 62.7 Å². The van der Waals surface area contributed by atoms with Crippen molar-refractivity contribution in [3.8, 4) is 0 Å². The van der Waals surface area contributed by atoms with Gasteiger partial charge in [-0.25, -0.2) is 9.97 Å². The number of aromatic nitrogens is 4. The molecule has 32 heavy (non-hydrogen) atoms. The highest BCUT2D eigenvalue weighted by molar-refractivity contribution is 5.86. The van der Waals surface area contributed by atoms with Gasteiger partial charge in [-0.1, -0.05) is 0 Å². The third-order valence-electron chi connectivity index (χ3n) is 6.04. The molecule has 3 aromatic rings. The summed E-state index contributed by atoms with van der Waals surface area (Å²) in [4.78, 5) is 27.5. The van der Waals surface area contributed by atoms with Crippen LogP contribution in [0.5, 0.6) is 0 Å². The van der Waals surface area contributed by atoms with Crippen LogP contribution < -0.4 is 10.2 Å². The predicted molar refractivity (Wildman–Crippen MR) is 122 cm³/mol. The fourth-order valence-electron chi connectivity index (χ4n) is 4.18. The van der Waals surface area contributed by atoms with E-state index in [-0.39, 0.29) is 5.91 Å². The van der Waals surface area contributed by atoms with E-state index in [0.717, 1.165) is 86.5 Å². The minimum Gasteiger partial charge on any atom is -0.379 e. The van der Waals surface area contributed by atoms with Crippen LogP contribution in [-0.4, -0.2) is 88.4 Å². The van der Waals surface area contributed by atoms with Gasteiger partial charge < -0.3 is 19.9 Å². The number of nitrogens with zero attached hydrogens (tertiary/aromatic N) is 6. The number of piperazine rings is 1. The summed E-state index contributed by atoms with van der Waals surface area (Å²) in [6, 6.07) is 8.31. The Morgan fingerprint density at radius 3 is 2.53 bits per heavy atom. The highest BCUT2D eigenvalue weighted by Gasteiger charge is 2.19. The van der Waals surface area contributed by atoms with Crippen LogP contribution >= 0.6 is 0 Å². The molecular weight excluding hydrogens is 408 g/mol. The Bertz CT molecular complexity index is 1070. The lowest BCUT2D eigenvalue weighted by atomic mass is 10.2. The Balaban J connectivity index is 1.29. The molecule has 1 amide bonds. The number of carbonyl (C=O) groups excluding carboxylic acids is 1. The van der Waals surface area contributed by atoms with Gasteiger partial charge in [0, 0.05) is 57.6 Å². The second-order valence-corrected chi connectivity index (χ2v) is 8.17. The van der Waals surface area contributed by atoms with Crippen LogP contribution in [0.1, 0.15) is 12.7 Å². The molecule has 0 saturated carbocycles. The largest absolute Gasteiger partial charge is 0.379 e. The maximum absolute atomic E-state index is 11.5. The minimum atomic E-state index is 0.146. The second kappa shape index (κ2) is 9.09. The molecule has 168 valence electrons. The predicted octanol–water partition coefficient (Wildman–Crippen LogP) is 1.60. The molecule has 10 heteroatoms. The fraction of sp³-hybridized carbons (Fsp3) is 0.455. The lowest BCUT2D eigenvalue weighted by molar-refractivity contribution is -0.129. The number of nitrogens with one attached hydrogen (secondary N) is 2. The molecule has 0 radical (unpaired) electrons. The number of ether oxygens (including phenoxy) is 1. The Hall–Kier alpha value is -3.24. The number of anilines is 3. The average Bonchev–Trinajstić information content (AvgIpc) is 3.29. The van der Waals surface area contributed by atoms with E-state index >= 15 is 0 Å². The van der Waals surface area contributed by atoms with Gasteiger partial charge in [-0.05, 0) is 24.3 Å². The van der Waals surface area contributed by atoms with E-state index in [1.807, 2.05) is 4.90 Å². The van der Waals surface area contributed by atoms with Crippen molar-refractivity contribution in [2.45, 2.75) is 13.5 Å². The van der Waals surface area contributed by atoms with Gasteiger partial charge in [0.1, 0.15) is 16.9 Å². The molecule has 4 heterocycles. The van der Waals surface area contributed by atoms with Crippen LogP contribution in [0.2, 0.25) is 0 Å². The van der Waals surface area contributed by atoms with Crippen LogP contribution in [0.25, 0.3) is 11.0 Å². The highest BCUT2D eigenvalue weighted by Crippen LogP contribution is 2.25. The first-order valence-corrected chi connectivity index (χ1v) is 11.0. The summed E-state index contributed by atoms with van der Waals surface area (Å²) in [5, 5.41) is 10.6. The monoisotopic (exact) mass is 436 g/mol. The molecule has 2 N–H and O–H groups in total. The van der Waals surface area contributed by atoms with Gasteiger partial charge >= 0.3 is 0 Å². The Morgan fingerprint density at radius 2 is 1.81 bits per heavy atom. The zero-order chi connectivity index (χ0) is 21.9. The van der Waals surface area contributed by atoms with E-state index in [2.05, 4.69) is 54.6 Å². The molecule has 2 fully saturated rings. The SMILES string of the molecule is CC(=O)N1CCN(c2ccc(Nc3nc(CN4CCOCC4)nc4cn[nH]c34)cc2)CC1. The van der Waals surface area contributed by atoms with Crippen molar-refractivity contribution in [3.05, 3.63) is 36.3 Å². The van der Waals surface area contributed by atoms with Crippen LogP contribution in [0.3, 0.4) is 0 Å². The fourth-order valence-corrected chi connectivity index (χ4v) is 4.18. The number of fused-ring (bicyclic) bond motifs is 1. The molecule has 0 bridgehead atoms. The number of aromatic amines is 1. The number of H-pyrrole nitrogens is 1. The molecule has 2 aliphatic heterocycles. The van der Waals surface area contributed by atoms with Gasteiger partial charge in [0.05, 0.1) is 26.0 Å². The smallest absolute Gasteiger partial charge is 0.219 e. The summed E-state index contributed by atoms with van der Waals surface area (Å²) in [6.07, 6.45) is 1.73. The summed E-state index contributed by atoms with van der Waals surface area (Å²) in [7, 11) is 0. The van der Waals surface area contributed by atoms with E-state index in [9.17, 15) is 4.79 Å². The van der Waals surface area contributed by atoms with E-state index in [0.29, 0.717) is 6.54 Å². The van der Waals surface area contributed by atoms with E-state index in [1.54, 1.807) is 13.1 Å². The molecule has 0 aliphatic carbocycles. The molecule has 2 saturated heterocycles. The highest BCUT2D eigenvalue weighted by atomic mass is 16.5. The van der Waals surface area contributed by atoms with Gasteiger partial charge in [0.2, 0.25) is 5.91 Å². The maximum atomic E-state index is 11.5. The Labute approximate surface area is 186 Å². The summed E-state index contributed by atoms with van der Waals surface area (Å²) >= 11 is 0. The zero-order valence-electron chi connectivity index (χ0n) is 18.3. The van der Waals surface area contributed by atoms with Gasteiger partial charge in [0.25, 0.3) is 0 Å². The van der Waals surface area contributed by atoms with Crippen LogP contribution in [-0.2, 0) is 16.1 Å². The molecule has 2 aromatic heterocycles. The molecule has 2 aliphatic rings. The number of morpholine rings is 1. The molecule has 10 nitrogen and oxygen atoms in total. The van der Waals surface area contributed by atoms with Crippen molar-refractivity contribution >= 4 is 34.1 Å². The van der Waals surface area contributed by atoms with Crippen LogP contribution in [0.4, 0.5) is 17.2 Å². The van der Waals surface area contributed by atoms with E-state index in [1.165, 1.54) is 0 Å². The molecule has 0 unspecified atom stereocenters. The van der Waals surface area contributed by atoms with Crippen molar-refractivity contribution in [3.63, 3.8) is 0 Å². The Kier molecular flexibility index (Phi) is 5.87. The number of hydrogen-bond donors (Lipinski definition) is 2. The lowest BCUT2D eigenvalue weighted by Crippen LogP contribution is -2.48. The topological polar surface area (TPSA) is 103 Å². The van der Waals surface area contributed by atoms with Crippen molar-refractivity contribution in [1.82, 2.24) is 30.0 Å². The van der Waals surface area contributed by atoms with Gasteiger partial charge in [0.15, 0.2) is 5.82 Å². The van der Waals surface area contributed by atoms with Crippen molar-refractivity contribution in [1.29, 1.82) is 0 Å². The third kappa shape index (κ3) is 4.51. The molecule has 5 rings (SSSR count). The zero-order valence-corrected chi connectivity index (χ0v) is 18.3. The number of benzene rings is 1. The van der Waals surface area contributed by atoms with Gasteiger partial charge in [-0.2, -0.15) is 5.10 Å². The Morgan fingerprint density at radius 1 is 1.06 bits per heavy atom. The first-order valence-electron chi connectivity index (χ1n) is 11.0. The third-order valence-corrected chi connectivity index (χ3v) is 6.04. The second-order valence-electron chi connectivity index (χ2n) is 8.17. The minimum absolute atomic E-state index is 0.146. The number of rotatable bonds is 5. The number of carbonyl (C=O) groups is 1. The average molecular weight is 437 g/mol. The number of amides is 1. The quantitative estimate of drug-likeness (QED) is 0.622. The summed E-state index contributed by atoms with van der Waals surface area (Å²) in [5.41, 5.74) is 3.69. The van der Waals surface area contributed by atoms with Crippen molar-refractivity contribution < 1.29 is 9.53 Å². The number of hydrogen-bond acceptors (Lipinski definition) is 8. The first-order chi connectivity index (χ1) is 15.7. The molecule has 0 spiro atoms. The molecule has 0 atom stereocenters. The first kappa shape index (κ1) is 20.7. The van der Waals surface area contributed by atoms with Crippen LogP contribution in [0, 0.1) is 0 Å².